The number of hydrogen-bond donors (Lipinski definition) is 1. The van der Waals surface area contributed by atoms with Crippen molar-refractivity contribution in [3.05, 3.63) is 101 Å². The van der Waals surface area contributed by atoms with Crippen LogP contribution in [0.5, 0.6) is 0 Å². The maximum absolute atomic E-state index is 13.0. The summed E-state index contributed by atoms with van der Waals surface area (Å²) in [5.41, 5.74) is 4.77. The van der Waals surface area contributed by atoms with Gasteiger partial charge in [-0.1, -0.05) is 66.7 Å². The number of rotatable bonds is 7. The highest BCUT2D eigenvalue weighted by molar-refractivity contribution is 6.56. The summed E-state index contributed by atoms with van der Waals surface area (Å²) in [5.74, 6) is -0.441. The summed E-state index contributed by atoms with van der Waals surface area (Å²) in [6.07, 6.45) is 1.34. The highest BCUT2D eigenvalue weighted by Gasteiger charge is 2.52. The van der Waals surface area contributed by atoms with Crippen LogP contribution in [-0.4, -0.2) is 49.1 Å². The molecular formula is C35H40BNO6. The minimum absolute atomic E-state index is 0.0353. The molecule has 0 bridgehead atoms. The number of alkyl carbamates (subject to hydrolysis) is 1. The van der Waals surface area contributed by atoms with Crippen LogP contribution >= 0.6 is 0 Å². The van der Waals surface area contributed by atoms with Crippen molar-refractivity contribution in [3.63, 3.8) is 0 Å². The third-order valence-corrected chi connectivity index (χ3v) is 8.21. The van der Waals surface area contributed by atoms with Crippen LogP contribution in [0.1, 0.15) is 81.4 Å². The summed E-state index contributed by atoms with van der Waals surface area (Å²) in [6.45, 7) is 13.8. The fourth-order valence-corrected chi connectivity index (χ4v) is 5.33. The van der Waals surface area contributed by atoms with E-state index in [9.17, 15) is 9.59 Å². The zero-order chi connectivity index (χ0) is 31.0. The van der Waals surface area contributed by atoms with Crippen molar-refractivity contribution in [3.8, 4) is 11.1 Å². The predicted octanol–water partition coefficient (Wildman–Crippen LogP) is 7.20. The van der Waals surface area contributed by atoms with Gasteiger partial charge in [-0.3, -0.25) is 0 Å². The largest absolute Gasteiger partial charge is 0.492 e. The van der Waals surface area contributed by atoms with Gasteiger partial charge in [-0.15, -0.1) is 0 Å². The van der Waals surface area contributed by atoms with Gasteiger partial charge in [-0.2, -0.15) is 0 Å². The molecule has 0 unspecified atom stereocenters. The van der Waals surface area contributed by atoms with Crippen LogP contribution in [0.25, 0.3) is 17.2 Å². The van der Waals surface area contributed by atoms with E-state index >= 15 is 0 Å². The van der Waals surface area contributed by atoms with E-state index in [0.29, 0.717) is 11.0 Å². The third-order valence-electron chi connectivity index (χ3n) is 8.21. The van der Waals surface area contributed by atoms with E-state index in [2.05, 4.69) is 29.6 Å². The molecule has 0 atom stereocenters. The molecule has 1 saturated heterocycles. The summed E-state index contributed by atoms with van der Waals surface area (Å²) in [5, 5.41) is 2.89. The van der Waals surface area contributed by atoms with Crippen molar-refractivity contribution in [2.24, 2.45) is 0 Å². The van der Waals surface area contributed by atoms with E-state index in [4.69, 9.17) is 18.8 Å². The van der Waals surface area contributed by atoms with Crippen LogP contribution in [0, 0.1) is 0 Å². The number of amides is 1. The summed E-state index contributed by atoms with van der Waals surface area (Å²) in [4.78, 5) is 25.7. The number of hydrogen-bond acceptors (Lipinski definition) is 6. The summed E-state index contributed by atoms with van der Waals surface area (Å²) >= 11 is 0. The number of ether oxygens (including phenoxy) is 2. The van der Waals surface area contributed by atoms with Crippen molar-refractivity contribution in [1.82, 2.24) is 5.32 Å². The summed E-state index contributed by atoms with van der Waals surface area (Å²) < 4.78 is 23.9. The molecule has 8 heteroatoms. The van der Waals surface area contributed by atoms with Crippen molar-refractivity contribution in [2.75, 3.05) is 13.2 Å². The normalized spacial score (nSPS) is 17.3. The molecule has 1 fully saturated rings. The van der Waals surface area contributed by atoms with Crippen molar-refractivity contribution < 1.29 is 28.4 Å². The molecule has 1 heterocycles. The zero-order valence-corrected chi connectivity index (χ0v) is 26.0. The average Bonchev–Trinajstić information content (AvgIpc) is 3.37. The first-order valence-corrected chi connectivity index (χ1v) is 14.7. The molecule has 1 N–H and O–H groups in total. The van der Waals surface area contributed by atoms with Crippen LogP contribution in [0.3, 0.4) is 0 Å². The maximum Gasteiger partial charge on any atom is 0.492 e. The van der Waals surface area contributed by atoms with E-state index < -0.39 is 36.0 Å². The number of esters is 1. The molecular weight excluding hydrogens is 541 g/mol. The molecule has 3 aromatic rings. The molecule has 0 spiro atoms. The lowest BCUT2D eigenvalue weighted by Crippen LogP contribution is -2.41. The molecule has 5 rings (SSSR count). The van der Waals surface area contributed by atoms with Crippen molar-refractivity contribution in [2.45, 2.75) is 71.2 Å². The van der Waals surface area contributed by atoms with Gasteiger partial charge in [0.1, 0.15) is 12.2 Å². The lowest BCUT2D eigenvalue weighted by molar-refractivity contribution is 0.00578. The van der Waals surface area contributed by atoms with E-state index in [1.807, 2.05) is 84.9 Å². The molecule has 0 aromatic heterocycles. The topological polar surface area (TPSA) is 83.1 Å². The second-order valence-electron chi connectivity index (χ2n) is 13.1. The molecule has 2 aliphatic rings. The average molecular weight is 582 g/mol. The summed E-state index contributed by atoms with van der Waals surface area (Å²) in [7, 11) is -0.705. The van der Waals surface area contributed by atoms with Crippen LogP contribution in [0.2, 0.25) is 0 Å². The highest BCUT2D eigenvalue weighted by Crippen LogP contribution is 2.44. The zero-order valence-electron chi connectivity index (χ0n) is 26.0. The molecule has 1 amide bonds. The molecule has 3 aromatic carbocycles. The second kappa shape index (κ2) is 11.7. The highest BCUT2D eigenvalue weighted by atomic mass is 16.7. The maximum atomic E-state index is 13.0. The van der Waals surface area contributed by atoms with E-state index in [1.54, 1.807) is 18.2 Å². The standard InChI is InChI=1S/C35H40BNO6/c1-33(2,3)41-31(38)24-14-12-13-23(19-24)20-25(36-42-34(4,5)35(6,7)43-36)21-37-32(39)40-22-30-28-17-10-8-15-26(28)27-16-9-11-18-29(27)30/h8-20,30H,21-22H2,1-7H3,(H,37,39). The molecule has 43 heavy (non-hydrogen) atoms. The molecule has 0 radical (unpaired) electrons. The Balaban J connectivity index is 1.32. The van der Waals surface area contributed by atoms with Crippen LogP contribution in [-0.2, 0) is 18.8 Å². The van der Waals surface area contributed by atoms with Crippen molar-refractivity contribution in [1.29, 1.82) is 0 Å². The third kappa shape index (κ3) is 6.71. The smallest absolute Gasteiger partial charge is 0.456 e. The van der Waals surface area contributed by atoms with E-state index in [-0.39, 0.29) is 19.1 Å². The Morgan fingerprint density at radius 1 is 0.884 bits per heavy atom. The van der Waals surface area contributed by atoms with Gasteiger partial charge in [0.15, 0.2) is 0 Å². The number of carbonyl (C=O) groups is 2. The van der Waals surface area contributed by atoms with Gasteiger partial charge in [0.25, 0.3) is 0 Å². The Kier molecular flexibility index (Phi) is 8.29. The summed E-state index contributed by atoms with van der Waals surface area (Å²) in [6, 6.07) is 23.6. The first-order valence-electron chi connectivity index (χ1n) is 14.7. The minimum atomic E-state index is -0.705. The monoisotopic (exact) mass is 581 g/mol. The van der Waals surface area contributed by atoms with Gasteiger partial charge in [0.2, 0.25) is 0 Å². The molecule has 7 nitrogen and oxygen atoms in total. The minimum Gasteiger partial charge on any atom is -0.456 e. The second-order valence-corrected chi connectivity index (χ2v) is 13.1. The van der Waals surface area contributed by atoms with Crippen LogP contribution in [0.15, 0.2) is 78.3 Å². The van der Waals surface area contributed by atoms with Crippen molar-refractivity contribution >= 4 is 25.3 Å². The Bertz CT molecular complexity index is 1490. The fraction of sp³-hybridized carbons (Fsp3) is 0.371. The molecule has 1 aliphatic heterocycles. The Labute approximate surface area is 254 Å². The lowest BCUT2D eigenvalue weighted by atomic mass is 9.77. The van der Waals surface area contributed by atoms with E-state index in [1.165, 1.54) is 11.1 Å². The lowest BCUT2D eigenvalue weighted by Gasteiger charge is -2.32. The van der Waals surface area contributed by atoms with Crippen LogP contribution in [0.4, 0.5) is 4.79 Å². The quantitative estimate of drug-likeness (QED) is 0.235. The predicted molar refractivity (Wildman–Crippen MR) is 169 cm³/mol. The van der Waals surface area contributed by atoms with Gasteiger partial charge >= 0.3 is 19.2 Å². The van der Waals surface area contributed by atoms with Gasteiger partial charge in [0.05, 0.1) is 16.8 Å². The van der Waals surface area contributed by atoms with Crippen LogP contribution < -0.4 is 5.32 Å². The van der Waals surface area contributed by atoms with Gasteiger partial charge in [-0.25, -0.2) is 9.59 Å². The SMILES string of the molecule is CC(C)(C)OC(=O)c1cccc(C=C(CNC(=O)OCC2c3ccccc3-c3ccccc32)B2OC(C)(C)C(C)(C)O2)c1. The molecule has 224 valence electrons. The number of fused-ring (bicyclic) bond motifs is 3. The number of carbonyl (C=O) groups excluding carboxylic acids is 2. The van der Waals surface area contributed by atoms with Gasteiger partial charge < -0.3 is 24.1 Å². The molecule has 1 aliphatic carbocycles. The first-order chi connectivity index (χ1) is 20.2. The Morgan fingerprint density at radius 2 is 1.47 bits per heavy atom. The number of benzene rings is 3. The fourth-order valence-electron chi connectivity index (χ4n) is 5.33. The number of nitrogens with one attached hydrogen (secondary N) is 1. The molecule has 0 saturated carbocycles. The van der Waals surface area contributed by atoms with E-state index in [0.717, 1.165) is 16.7 Å². The van der Waals surface area contributed by atoms with Gasteiger partial charge in [0, 0.05) is 12.5 Å². The Morgan fingerprint density at radius 3 is 2.05 bits per heavy atom. The first kappa shape index (κ1) is 30.6. The Hall–Kier alpha value is -3.88. The van der Waals surface area contributed by atoms with Gasteiger partial charge in [-0.05, 0) is 93.9 Å².